The first kappa shape index (κ1) is 20.1. The first-order valence-electron chi connectivity index (χ1n) is 6.47. The van der Waals surface area contributed by atoms with Gasteiger partial charge in [-0.15, -0.1) is 35.3 Å². The molecule has 1 atom stereocenters. The molecule has 1 aromatic heterocycles. The topological polar surface area (TPSA) is 60.8 Å². The predicted octanol–water partition coefficient (Wildman–Crippen LogP) is 1.46. The molecule has 6 nitrogen and oxygen atoms in total. The maximum Gasteiger partial charge on any atom is 0.241 e. The highest BCUT2D eigenvalue weighted by Gasteiger charge is 2.14. The van der Waals surface area contributed by atoms with Gasteiger partial charge in [-0.1, -0.05) is 6.92 Å². The normalized spacial score (nSPS) is 12.3. The molecule has 0 fully saturated rings. The van der Waals surface area contributed by atoms with Crippen LogP contribution in [0.1, 0.15) is 17.8 Å². The maximum absolute atomic E-state index is 11.6. The number of likely N-dealkylation sites (N-methyl/N-ethyl adjacent to an activating group) is 2. The van der Waals surface area contributed by atoms with Crippen molar-refractivity contribution in [2.45, 2.75) is 12.8 Å². The van der Waals surface area contributed by atoms with Crippen molar-refractivity contribution in [2.24, 2.45) is 4.99 Å². The zero-order chi connectivity index (χ0) is 15.1. The van der Waals surface area contributed by atoms with Crippen LogP contribution in [-0.2, 0) is 4.79 Å². The van der Waals surface area contributed by atoms with E-state index in [1.54, 1.807) is 37.4 Å². The number of halogens is 1. The van der Waals surface area contributed by atoms with Crippen molar-refractivity contribution >= 4 is 47.2 Å². The summed E-state index contributed by atoms with van der Waals surface area (Å²) >= 11 is 1.66. The van der Waals surface area contributed by atoms with E-state index >= 15 is 0 Å². The minimum atomic E-state index is 0. The lowest BCUT2D eigenvalue weighted by atomic mass is 10.2. The number of nitrogens with zero attached hydrogens (tertiary/aromatic N) is 4. The lowest BCUT2D eigenvalue weighted by Crippen LogP contribution is -2.44. The van der Waals surface area contributed by atoms with Gasteiger partial charge in [0.25, 0.3) is 0 Å². The summed E-state index contributed by atoms with van der Waals surface area (Å²) in [7, 11) is 7.15. The highest BCUT2D eigenvalue weighted by molar-refractivity contribution is 14.0. The molecule has 1 aromatic rings. The smallest absolute Gasteiger partial charge is 0.241 e. The van der Waals surface area contributed by atoms with E-state index in [1.165, 1.54) is 0 Å². The number of hydrogen-bond acceptors (Lipinski definition) is 4. The van der Waals surface area contributed by atoms with Crippen molar-refractivity contribution < 1.29 is 4.79 Å². The van der Waals surface area contributed by atoms with Crippen LogP contribution in [0.15, 0.2) is 16.6 Å². The number of amides is 1. The van der Waals surface area contributed by atoms with Gasteiger partial charge in [-0.2, -0.15) is 0 Å². The van der Waals surface area contributed by atoms with Crippen molar-refractivity contribution in [3.05, 3.63) is 16.6 Å². The number of carbonyl (C=O) groups is 1. The molecule has 8 heteroatoms. The molecular formula is C13H24IN5OS. The Hall–Kier alpha value is -0.900. The quantitative estimate of drug-likeness (QED) is 0.441. The number of rotatable bonds is 5. The van der Waals surface area contributed by atoms with Crippen LogP contribution in [0.25, 0.3) is 0 Å². The Labute approximate surface area is 147 Å². The standard InChI is InChI=1S/C13H23N5OS.HI/c1-10(12-15-6-7-20-12)9-18(5)13(14-2)16-8-11(19)17(3)4;/h6-7,10H,8-9H2,1-5H3,(H,14,16);1H. The third kappa shape index (κ3) is 6.60. The van der Waals surface area contributed by atoms with E-state index in [1.807, 2.05) is 23.5 Å². The summed E-state index contributed by atoms with van der Waals surface area (Å²) < 4.78 is 0. The van der Waals surface area contributed by atoms with Gasteiger partial charge in [-0.05, 0) is 0 Å². The van der Waals surface area contributed by atoms with Gasteiger partial charge in [0.15, 0.2) is 5.96 Å². The van der Waals surface area contributed by atoms with E-state index in [4.69, 9.17) is 0 Å². The number of hydrogen-bond donors (Lipinski definition) is 1. The summed E-state index contributed by atoms with van der Waals surface area (Å²) in [5.74, 6) is 1.05. The molecule has 0 saturated carbocycles. The molecule has 0 spiro atoms. The number of aromatic nitrogens is 1. The molecule has 0 bridgehead atoms. The molecule has 0 radical (unpaired) electrons. The monoisotopic (exact) mass is 425 g/mol. The summed E-state index contributed by atoms with van der Waals surface area (Å²) in [5, 5.41) is 6.16. The van der Waals surface area contributed by atoms with Crippen LogP contribution in [0, 0.1) is 0 Å². The predicted molar refractivity (Wildman–Crippen MR) is 98.6 cm³/mol. The molecule has 0 aliphatic rings. The third-order valence-electron chi connectivity index (χ3n) is 2.89. The molecule has 120 valence electrons. The molecule has 0 aromatic carbocycles. The summed E-state index contributed by atoms with van der Waals surface area (Å²) in [6.45, 7) is 3.17. The molecule has 21 heavy (non-hydrogen) atoms. The molecule has 1 heterocycles. The van der Waals surface area contributed by atoms with Crippen LogP contribution in [-0.4, -0.2) is 67.9 Å². The summed E-state index contributed by atoms with van der Waals surface area (Å²) in [6.07, 6.45) is 1.82. The second-order valence-electron chi connectivity index (χ2n) is 4.84. The molecular weight excluding hydrogens is 401 g/mol. The van der Waals surface area contributed by atoms with Crippen LogP contribution in [0.2, 0.25) is 0 Å². The third-order valence-corrected chi connectivity index (χ3v) is 3.90. The summed E-state index contributed by atoms with van der Waals surface area (Å²) in [4.78, 5) is 23.7. The van der Waals surface area contributed by atoms with Gasteiger partial charge < -0.3 is 15.1 Å². The average Bonchev–Trinajstić information content (AvgIpc) is 2.92. The minimum absolute atomic E-state index is 0. The lowest BCUT2D eigenvalue weighted by molar-refractivity contribution is -0.127. The highest BCUT2D eigenvalue weighted by atomic mass is 127. The van der Waals surface area contributed by atoms with Crippen LogP contribution in [0.3, 0.4) is 0 Å². The zero-order valence-corrected chi connectivity index (χ0v) is 16.3. The van der Waals surface area contributed by atoms with Crippen LogP contribution in [0.4, 0.5) is 0 Å². The SMILES string of the molecule is CN=C(NCC(=O)N(C)C)N(C)CC(C)c1nccs1.I. The van der Waals surface area contributed by atoms with Crippen LogP contribution >= 0.6 is 35.3 Å². The first-order valence-corrected chi connectivity index (χ1v) is 7.35. The van der Waals surface area contributed by atoms with E-state index in [0.717, 1.165) is 11.6 Å². The van der Waals surface area contributed by atoms with Gasteiger partial charge in [0, 0.05) is 52.2 Å². The van der Waals surface area contributed by atoms with Gasteiger partial charge in [-0.3, -0.25) is 9.79 Å². The number of guanidine groups is 1. The highest BCUT2D eigenvalue weighted by Crippen LogP contribution is 2.18. The van der Waals surface area contributed by atoms with Crippen LogP contribution < -0.4 is 5.32 Å². The Balaban J connectivity index is 0.00000400. The Morgan fingerprint density at radius 1 is 1.48 bits per heavy atom. The Bertz CT molecular complexity index is 449. The van der Waals surface area contributed by atoms with E-state index in [0.29, 0.717) is 11.9 Å². The van der Waals surface area contributed by atoms with Gasteiger partial charge in [0.2, 0.25) is 5.91 Å². The summed E-state index contributed by atoms with van der Waals surface area (Å²) in [6, 6.07) is 0. The molecule has 0 saturated heterocycles. The fourth-order valence-electron chi connectivity index (χ4n) is 1.75. The van der Waals surface area contributed by atoms with E-state index in [-0.39, 0.29) is 36.4 Å². The Morgan fingerprint density at radius 3 is 2.62 bits per heavy atom. The molecule has 0 aliphatic heterocycles. The van der Waals surface area contributed by atoms with E-state index in [9.17, 15) is 4.79 Å². The molecule has 0 aliphatic carbocycles. The number of aliphatic imine (C=N–C) groups is 1. The number of nitrogens with one attached hydrogen (secondary N) is 1. The number of carbonyl (C=O) groups excluding carboxylic acids is 1. The maximum atomic E-state index is 11.6. The average molecular weight is 425 g/mol. The van der Waals surface area contributed by atoms with Crippen molar-refractivity contribution in [2.75, 3.05) is 41.3 Å². The van der Waals surface area contributed by atoms with Crippen LogP contribution in [0.5, 0.6) is 0 Å². The fraction of sp³-hybridized carbons (Fsp3) is 0.615. The Morgan fingerprint density at radius 2 is 2.14 bits per heavy atom. The van der Waals surface area contributed by atoms with Crippen molar-refractivity contribution in [3.8, 4) is 0 Å². The van der Waals surface area contributed by atoms with Crippen molar-refractivity contribution in [1.29, 1.82) is 0 Å². The van der Waals surface area contributed by atoms with E-state index < -0.39 is 0 Å². The Kier molecular flexibility index (Phi) is 9.51. The van der Waals surface area contributed by atoms with Gasteiger partial charge in [0.1, 0.15) is 0 Å². The van der Waals surface area contributed by atoms with E-state index in [2.05, 4.69) is 22.2 Å². The van der Waals surface area contributed by atoms with Gasteiger partial charge in [-0.25, -0.2) is 4.98 Å². The molecule has 1 unspecified atom stereocenters. The first-order chi connectivity index (χ1) is 9.45. The van der Waals surface area contributed by atoms with Crippen molar-refractivity contribution in [1.82, 2.24) is 20.1 Å². The molecule has 1 N–H and O–H groups in total. The van der Waals surface area contributed by atoms with Gasteiger partial charge >= 0.3 is 0 Å². The fourth-order valence-corrected chi connectivity index (χ4v) is 2.44. The molecule has 1 rings (SSSR count). The second kappa shape index (κ2) is 9.93. The zero-order valence-electron chi connectivity index (χ0n) is 13.2. The minimum Gasteiger partial charge on any atom is -0.347 e. The number of thiazole rings is 1. The largest absolute Gasteiger partial charge is 0.347 e. The second-order valence-corrected chi connectivity index (χ2v) is 5.77. The summed E-state index contributed by atoms with van der Waals surface area (Å²) in [5.41, 5.74) is 0. The van der Waals surface area contributed by atoms with Crippen molar-refractivity contribution in [3.63, 3.8) is 0 Å². The molecule has 1 amide bonds. The lowest BCUT2D eigenvalue weighted by Gasteiger charge is -2.24. The van der Waals surface area contributed by atoms with Gasteiger partial charge in [0.05, 0.1) is 11.6 Å².